The van der Waals surface area contributed by atoms with Crippen LogP contribution in [0.1, 0.15) is 0 Å². The SMILES string of the molecule is CN(C)CCn1c(=O)c2cc(F)ccc2c2ccc3cc4c(cc3c21)OCO4. The highest BCUT2D eigenvalue weighted by atomic mass is 19.1. The van der Waals surface area contributed by atoms with E-state index in [9.17, 15) is 9.18 Å². The lowest BCUT2D eigenvalue weighted by Crippen LogP contribution is -2.27. The van der Waals surface area contributed by atoms with E-state index in [-0.39, 0.29) is 12.4 Å². The Balaban J connectivity index is 1.95. The summed E-state index contributed by atoms with van der Waals surface area (Å²) < 4.78 is 26.7. The molecule has 0 radical (unpaired) electrons. The number of nitrogens with zero attached hydrogens (tertiary/aromatic N) is 2. The van der Waals surface area contributed by atoms with Gasteiger partial charge in [-0.2, -0.15) is 0 Å². The van der Waals surface area contributed by atoms with Gasteiger partial charge >= 0.3 is 0 Å². The maximum atomic E-state index is 13.9. The first-order valence-electron chi connectivity index (χ1n) is 9.16. The molecule has 4 aromatic rings. The van der Waals surface area contributed by atoms with Gasteiger partial charge in [0.2, 0.25) is 6.79 Å². The average molecular weight is 378 g/mol. The molecule has 0 unspecified atom stereocenters. The van der Waals surface area contributed by atoms with Crippen molar-refractivity contribution < 1.29 is 13.9 Å². The zero-order valence-corrected chi connectivity index (χ0v) is 15.7. The fourth-order valence-electron chi connectivity index (χ4n) is 3.89. The monoisotopic (exact) mass is 378 g/mol. The Morgan fingerprint density at radius 2 is 1.71 bits per heavy atom. The Morgan fingerprint density at radius 1 is 0.964 bits per heavy atom. The van der Waals surface area contributed by atoms with Crippen LogP contribution in [0.3, 0.4) is 0 Å². The van der Waals surface area contributed by atoms with E-state index in [4.69, 9.17) is 9.47 Å². The van der Waals surface area contributed by atoms with Crippen LogP contribution in [-0.2, 0) is 6.54 Å². The van der Waals surface area contributed by atoms with Crippen molar-refractivity contribution in [1.29, 1.82) is 0 Å². The number of pyridine rings is 1. The van der Waals surface area contributed by atoms with E-state index >= 15 is 0 Å². The number of fused-ring (bicyclic) bond motifs is 6. The van der Waals surface area contributed by atoms with Crippen molar-refractivity contribution in [1.82, 2.24) is 9.47 Å². The average Bonchev–Trinajstić information content (AvgIpc) is 3.13. The molecular weight excluding hydrogens is 359 g/mol. The predicted molar refractivity (Wildman–Crippen MR) is 108 cm³/mol. The minimum atomic E-state index is -0.410. The van der Waals surface area contributed by atoms with Gasteiger partial charge in [-0.1, -0.05) is 18.2 Å². The Bertz CT molecular complexity index is 1310. The van der Waals surface area contributed by atoms with Crippen molar-refractivity contribution in [2.24, 2.45) is 0 Å². The lowest BCUT2D eigenvalue weighted by molar-refractivity contribution is 0.174. The molecule has 28 heavy (non-hydrogen) atoms. The molecule has 142 valence electrons. The molecule has 0 bridgehead atoms. The number of hydrogen-bond donors (Lipinski definition) is 0. The van der Waals surface area contributed by atoms with Crippen LogP contribution in [-0.4, -0.2) is 36.9 Å². The summed E-state index contributed by atoms with van der Waals surface area (Å²) in [4.78, 5) is 15.3. The number of halogens is 1. The number of aromatic nitrogens is 1. The van der Waals surface area contributed by atoms with Gasteiger partial charge in [0.05, 0.1) is 10.9 Å². The minimum absolute atomic E-state index is 0.186. The van der Waals surface area contributed by atoms with Gasteiger partial charge in [-0.05, 0) is 49.1 Å². The van der Waals surface area contributed by atoms with Gasteiger partial charge in [0.1, 0.15) is 5.82 Å². The van der Waals surface area contributed by atoms with Crippen LogP contribution in [0, 0.1) is 5.82 Å². The molecule has 0 atom stereocenters. The maximum Gasteiger partial charge on any atom is 0.259 e. The molecule has 0 spiro atoms. The summed E-state index contributed by atoms with van der Waals surface area (Å²) in [7, 11) is 3.92. The van der Waals surface area contributed by atoms with E-state index in [1.54, 1.807) is 10.6 Å². The number of benzene rings is 3. The molecule has 5 nitrogen and oxygen atoms in total. The summed E-state index contributed by atoms with van der Waals surface area (Å²) in [6, 6.07) is 12.3. The van der Waals surface area contributed by atoms with E-state index in [0.717, 1.165) is 27.1 Å². The third kappa shape index (κ3) is 2.52. The van der Waals surface area contributed by atoms with Gasteiger partial charge in [0, 0.05) is 23.9 Å². The number of hydrogen-bond acceptors (Lipinski definition) is 4. The molecule has 0 saturated carbocycles. The standard InChI is InChI=1S/C22H19FN2O3/c1-24(2)7-8-25-21-16(15-6-4-14(23)10-18(15)22(25)26)5-3-13-9-19-20(11-17(13)21)28-12-27-19/h3-6,9-11H,7-8,12H2,1-2H3. The molecule has 0 amide bonds. The first-order chi connectivity index (χ1) is 13.5. The molecule has 0 aliphatic carbocycles. The molecule has 0 fully saturated rings. The van der Waals surface area contributed by atoms with Crippen LogP contribution >= 0.6 is 0 Å². The third-order valence-electron chi connectivity index (χ3n) is 5.27. The fourth-order valence-corrected chi connectivity index (χ4v) is 3.89. The lowest BCUT2D eigenvalue weighted by atomic mass is 10.00. The zero-order valence-electron chi connectivity index (χ0n) is 15.7. The fraction of sp³-hybridized carbons (Fsp3) is 0.227. The van der Waals surface area contributed by atoms with E-state index in [1.807, 2.05) is 43.3 Å². The van der Waals surface area contributed by atoms with Crippen LogP contribution in [0.25, 0.3) is 32.4 Å². The molecule has 6 heteroatoms. The second kappa shape index (κ2) is 6.21. The van der Waals surface area contributed by atoms with Crippen molar-refractivity contribution in [2.45, 2.75) is 6.54 Å². The normalized spacial score (nSPS) is 13.3. The molecule has 1 aromatic heterocycles. The largest absolute Gasteiger partial charge is 0.454 e. The van der Waals surface area contributed by atoms with Gasteiger partial charge in [-0.15, -0.1) is 0 Å². The number of likely N-dealkylation sites (N-methyl/N-ethyl adjacent to an activating group) is 1. The third-order valence-corrected chi connectivity index (χ3v) is 5.27. The van der Waals surface area contributed by atoms with Gasteiger partial charge in [0.15, 0.2) is 11.5 Å². The summed E-state index contributed by atoms with van der Waals surface area (Å²) in [5.41, 5.74) is 0.649. The van der Waals surface area contributed by atoms with Crippen molar-refractivity contribution in [3.8, 4) is 11.5 Å². The van der Waals surface area contributed by atoms with E-state index < -0.39 is 5.82 Å². The number of rotatable bonds is 3. The summed E-state index contributed by atoms with van der Waals surface area (Å²) in [6.45, 7) is 1.39. The Morgan fingerprint density at radius 3 is 2.50 bits per heavy atom. The van der Waals surface area contributed by atoms with Crippen molar-refractivity contribution >= 4 is 32.4 Å². The molecule has 1 aliphatic heterocycles. The smallest absolute Gasteiger partial charge is 0.259 e. The van der Waals surface area contributed by atoms with Crippen molar-refractivity contribution in [3.05, 3.63) is 58.6 Å². The highest BCUT2D eigenvalue weighted by Crippen LogP contribution is 2.39. The molecule has 5 rings (SSSR count). The van der Waals surface area contributed by atoms with E-state index in [1.165, 1.54) is 12.1 Å². The topological polar surface area (TPSA) is 43.7 Å². The van der Waals surface area contributed by atoms with Crippen LogP contribution in [0.15, 0.2) is 47.3 Å². The maximum absolute atomic E-state index is 13.9. The molecule has 0 N–H and O–H groups in total. The molecule has 2 heterocycles. The summed E-state index contributed by atoms with van der Waals surface area (Å²) >= 11 is 0. The Hall–Kier alpha value is -3.12. The molecule has 1 aliphatic rings. The van der Waals surface area contributed by atoms with Crippen LogP contribution in [0.2, 0.25) is 0 Å². The summed E-state index contributed by atoms with van der Waals surface area (Å²) in [5, 5.41) is 3.95. The van der Waals surface area contributed by atoms with Crippen molar-refractivity contribution in [2.75, 3.05) is 27.4 Å². The Kier molecular flexibility index (Phi) is 3.77. The quantitative estimate of drug-likeness (QED) is 0.510. The van der Waals surface area contributed by atoms with Gasteiger partial charge < -0.3 is 18.9 Å². The highest BCUT2D eigenvalue weighted by molar-refractivity contribution is 6.15. The molecule has 0 saturated heterocycles. The second-order valence-corrected chi connectivity index (χ2v) is 7.34. The van der Waals surface area contributed by atoms with Crippen LogP contribution < -0.4 is 15.0 Å². The van der Waals surface area contributed by atoms with Crippen LogP contribution in [0.4, 0.5) is 4.39 Å². The first kappa shape index (κ1) is 17.0. The van der Waals surface area contributed by atoms with E-state index in [0.29, 0.717) is 30.0 Å². The number of ether oxygens (including phenoxy) is 2. The zero-order chi connectivity index (χ0) is 19.4. The van der Waals surface area contributed by atoms with Crippen molar-refractivity contribution in [3.63, 3.8) is 0 Å². The minimum Gasteiger partial charge on any atom is -0.454 e. The second-order valence-electron chi connectivity index (χ2n) is 7.34. The summed E-state index contributed by atoms with van der Waals surface area (Å²) in [5.74, 6) is 0.968. The summed E-state index contributed by atoms with van der Waals surface area (Å²) in [6.07, 6.45) is 0. The van der Waals surface area contributed by atoms with Gasteiger partial charge in [-0.25, -0.2) is 4.39 Å². The van der Waals surface area contributed by atoms with E-state index in [2.05, 4.69) is 0 Å². The molecular formula is C22H19FN2O3. The lowest BCUT2D eigenvalue weighted by Gasteiger charge is -2.17. The predicted octanol–water partition coefficient (Wildman–Crippen LogP) is 3.74. The highest BCUT2D eigenvalue weighted by Gasteiger charge is 2.19. The van der Waals surface area contributed by atoms with Gasteiger partial charge in [0.25, 0.3) is 5.56 Å². The Labute approximate surface area is 160 Å². The molecule has 3 aromatic carbocycles. The van der Waals surface area contributed by atoms with Crippen LogP contribution in [0.5, 0.6) is 11.5 Å². The first-order valence-corrected chi connectivity index (χ1v) is 9.16. The van der Waals surface area contributed by atoms with Gasteiger partial charge in [-0.3, -0.25) is 4.79 Å².